The molecule has 0 aromatic heterocycles. The molecular weight excluding hydrogens is 580 g/mol. The fraction of sp³-hybridized carbons (Fsp3) is 0.333. The van der Waals surface area contributed by atoms with Crippen LogP contribution in [-0.4, -0.2) is 29.4 Å². The van der Waals surface area contributed by atoms with E-state index >= 15 is 0 Å². The zero-order chi connectivity index (χ0) is 31.8. The third-order valence-corrected chi connectivity index (χ3v) is 10.8. The molecule has 6 atom stereocenters. The smallest absolute Gasteiger partial charge is 0.261 e. The normalized spacial score (nSPS) is 31.4. The number of fused-ring (bicyclic) bond motifs is 5. The number of hydrogen-bond acceptors (Lipinski definition) is 7. The SMILES string of the molecule is COC1(c2cc(O)ccc2/C=C/C2=CC(=C3C(=O)c4ccccc4C3=O)c3ccccc3O2)OOC12C(C)CC1CC(C)CC2C1. The van der Waals surface area contributed by atoms with E-state index in [1.807, 2.05) is 42.5 Å². The zero-order valence-corrected chi connectivity index (χ0v) is 26.1. The average Bonchev–Trinajstić information content (AvgIpc) is 3.29. The van der Waals surface area contributed by atoms with Gasteiger partial charge in [0.05, 0.1) is 5.57 Å². The Hall–Kier alpha value is -4.30. The van der Waals surface area contributed by atoms with Crippen molar-refractivity contribution in [1.29, 1.82) is 0 Å². The predicted molar refractivity (Wildman–Crippen MR) is 172 cm³/mol. The molecule has 0 amide bonds. The van der Waals surface area contributed by atoms with Crippen LogP contribution in [0.1, 0.15) is 76.9 Å². The number of benzene rings is 3. The van der Waals surface area contributed by atoms with Crippen molar-refractivity contribution in [3.63, 3.8) is 0 Å². The molecule has 234 valence electrons. The molecule has 8 rings (SSSR count). The average molecular weight is 617 g/mol. The van der Waals surface area contributed by atoms with Crippen LogP contribution in [0.15, 0.2) is 90.2 Å². The third-order valence-electron chi connectivity index (χ3n) is 10.8. The molecular formula is C39H36O7. The lowest BCUT2D eigenvalue weighted by Gasteiger charge is -2.65. The highest BCUT2D eigenvalue weighted by molar-refractivity contribution is 6.43. The number of rotatable bonds is 4. The summed E-state index contributed by atoms with van der Waals surface area (Å²) >= 11 is 0. The van der Waals surface area contributed by atoms with Gasteiger partial charge in [-0.1, -0.05) is 68.5 Å². The first-order chi connectivity index (χ1) is 22.3. The Labute approximate surface area is 268 Å². The predicted octanol–water partition coefficient (Wildman–Crippen LogP) is 7.81. The topological polar surface area (TPSA) is 91.3 Å². The first-order valence-corrected chi connectivity index (χ1v) is 16.1. The molecule has 7 nitrogen and oxygen atoms in total. The van der Waals surface area contributed by atoms with Crippen LogP contribution in [0.25, 0.3) is 11.6 Å². The Morgan fingerprint density at radius 2 is 1.57 bits per heavy atom. The van der Waals surface area contributed by atoms with E-state index < -0.39 is 11.4 Å². The van der Waals surface area contributed by atoms with Gasteiger partial charge in [-0.2, -0.15) is 4.89 Å². The van der Waals surface area contributed by atoms with E-state index in [9.17, 15) is 14.7 Å². The van der Waals surface area contributed by atoms with Crippen LogP contribution in [0.3, 0.4) is 0 Å². The third kappa shape index (κ3) is 4.08. The van der Waals surface area contributed by atoms with Crippen molar-refractivity contribution in [1.82, 2.24) is 0 Å². The number of methoxy groups -OCH3 is 1. The summed E-state index contributed by atoms with van der Waals surface area (Å²) in [6.07, 6.45) is 9.79. The molecule has 46 heavy (non-hydrogen) atoms. The van der Waals surface area contributed by atoms with Gasteiger partial charge in [0, 0.05) is 34.9 Å². The highest BCUT2D eigenvalue weighted by atomic mass is 17.3. The van der Waals surface area contributed by atoms with Gasteiger partial charge < -0.3 is 14.6 Å². The summed E-state index contributed by atoms with van der Waals surface area (Å²) < 4.78 is 12.6. The number of carbonyl (C=O) groups excluding carboxylic acids is 2. The summed E-state index contributed by atoms with van der Waals surface area (Å²) in [5.74, 6) is 0.982. The molecule has 5 aliphatic rings. The molecule has 3 fully saturated rings. The van der Waals surface area contributed by atoms with Gasteiger partial charge >= 0.3 is 0 Å². The van der Waals surface area contributed by atoms with E-state index in [-0.39, 0.29) is 34.7 Å². The van der Waals surface area contributed by atoms with Crippen LogP contribution in [0.4, 0.5) is 0 Å². The Morgan fingerprint density at radius 1 is 0.848 bits per heavy atom. The maximum atomic E-state index is 13.5. The van der Waals surface area contributed by atoms with Gasteiger partial charge in [0.1, 0.15) is 17.3 Å². The number of aromatic hydroxyl groups is 1. The maximum Gasteiger partial charge on any atom is 0.261 e. The molecule has 6 unspecified atom stereocenters. The minimum atomic E-state index is -1.21. The van der Waals surface area contributed by atoms with Crippen molar-refractivity contribution in [2.45, 2.75) is 50.9 Å². The maximum absolute atomic E-state index is 13.5. The number of ketones is 2. The first kappa shape index (κ1) is 29.1. The number of para-hydroxylation sites is 1. The minimum absolute atomic E-state index is 0.0967. The monoisotopic (exact) mass is 616 g/mol. The lowest BCUT2D eigenvalue weighted by molar-refractivity contribution is -0.641. The Bertz CT molecular complexity index is 1840. The lowest BCUT2D eigenvalue weighted by Crippen LogP contribution is -2.74. The molecule has 2 bridgehead atoms. The fourth-order valence-electron chi connectivity index (χ4n) is 8.97. The van der Waals surface area contributed by atoms with Crippen LogP contribution >= 0.6 is 0 Å². The van der Waals surface area contributed by atoms with E-state index in [0.29, 0.717) is 51.2 Å². The van der Waals surface area contributed by atoms with Crippen LogP contribution in [0.5, 0.6) is 11.5 Å². The summed E-state index contributed by atoms with van der Waals surface area (Å²) in [6.45, 7) is 4.53. The van der Waals surface area contributed by atoms with E-state index in [1.165, 1.54) is 6.42 Å². The van der Waals surface area contributed by atoms with E-state index in [2.05, 4.69) is 13.8 Å². The largest absolute Gasteiger partial charge is 0.508 e. The van der Waals surface area contributed by atoms with E-state index in [1.54, 1.807) is 49.6 Å². The van der Waals surface area contributed by atoms with Gasteiger partial charge in [-0.15, -0.1) is 0 Å². The number of phenolic OH excluding ortho intramolecular Hbond substituents is 1. The van der Waals surface area contributed by atoms with Crippen LogP contribution in [0, 0.1) is 23.7 Å². The number of hydrogen-bond donors (Lipinski definition) is 1. The lowest BCUT2D eigenvalue weighted by atomic mass is 9.54. The van der Waals surface area contributed by atoms with Crippen molar-refractivity contribution >= 4 is 23.2 Å². The van der Waals surface area contributed by atoms with Crippen LogP contribution in [-0.2, 0) is 20.3 Å². The molecule has 0 radical (unpaired) electrons. The van der Waals surface area contributed by atoms with Gasteiger partial charge in [-0.3, -0.25) is 9.59 Å². The molecule has 3 aromatic carbocycles. The molecule has 1 spiro atoms. The second-order valence-electron chi connectivity index (χ2n) is 13.5. The molecule has 3 aromatic rings. The molecule has 2 aliphatic heterocycles. The molecule has 1 N–H and O–H groups in total. The second kappa shape index (κ2) is 10.6. The zero-order valence-electron chi connectivity index (χ0n) is 26.1. The summed E-state index contributed by atoms with van der Waals surface area (Å²) in [5, 5.41) is 10.7. The van der Waals surface area contributed by atoms with E-state index in [4.69, 9.17) is 19.2 Å². The number of Topliss-reactive ketones (excluding diaryl/α,β-unsaturated/α-hetero) is 2. The van der Waals surface area contributed by atoms with Gasteiger partial charge in [0.25, 0.3) is 5.79 Å². The molecule has 3 aliphatic carbocycles. The van der Waals surface area contributed by atoms with Gasteiger partial charge in [-0.25, -0.2) is 4.89 Å². The van der Waals surface area contributed by atoms with Crippen molar-refractivity contribution in [3.05, 3.63) is 118 Å². The van der Waals surface area contributed by atoms with Crippen molar-refractivity contribution in [3.8, 4) is 11.5 Å². The summed E-state index contributed by atoms with van der Waals surface area (Å²) in [7, 11) is 1.64. The number of ether oxygens (including phenoxy) is 2. The Morgan fingerprint density at radius 3 is 2.26 bits per heavy atom. The second-order valence-corrected chi connectivity index (χ2v) is 13.5. The van der Waals surface area contributed by atoms with Gasteiger partial charge in [0.2, 0.25) is 0 Å². The molecule has 7 heteroatoms. The van der Waals surface area contributed by atoms with Crippen molar-refractivity contribution < 1.29 is 33.9 Å². The van der Waals surface area contributed by atoms with Crippen molar-refractivity contribution in [2.75, 3.05) is 7.11 Å². The molecule has 1 saturated heterocycles. The fourth-order valence-corrected chi connectivity index (χ4v) is 8.97. The van der Waals surface area contributed by atoms with Crippen LogP contribution in [0.2, 0.25) is 0 Å². The Kier molecular flexibility index (Phi) is 6.73. The van der Waals surface area contributed by atoms with Crippen LogP contribution < -0.4 is 4.74 Å². The number of phenols is 1. The van der Waals surface area contributed by atoms with E-state index in [0.717, 1.165) is 24.8 Å². The number of carbonyl (C=O) groups is 2. The first-order valence-electron chi connectivity index (χ1n) is 16.1. The summed E-state index contributed by atoms with van der Waals surface area (Å²) in [5.41, 5.74) is 2.91. The van der Waals surface area contributed by atoms with Gasteiger partial charge in [0.15, 0.2) is 17.2 Å². The minimum Gasteiger partial charge on any atom is -0.508 e. The van der Waals surface area contributed by atoms with Gasteiger partial charge in [-0.05, 0) is 85.3 Å². The summed E-state index contributed by atoms with van der Waals surface area (Å²) in [4.78, 5) is 39.2. The standard InChI is InChI=1S/C39H36O7/c1-22-16-24-18-23(2)38(26(17-22)19-24)39(43-3,46-45-38)33-20-27(40)14-12-25(33)13-15-28-21-32(29-8-6-7-11-34(29)44-28)35-36(41)30-9-4-5-10-31(30)37(35)42/h4-15,20-24,26,40H,16-19H2,1-3H3/b15-13+. The Balaban J connectivity index is 1.21. The molecule has 2 heterocycles. The van der Waals surface area contributed by atoms with Crippen molar-refractivity contribution in [2.24, 2.45) is 23.7 Å². The highest BCUT2D eigenvalue weighted by Crippen LogP contribution is 2.65. The molecule has 2 saturated carbocycles. The number of allylic oxidation sites excluding steroid dienone is 4. The summed E-state index contributed by atoms with van der Waals surface area (Å²) in [6, 6.07) is 19.5. The quantitative estimate of drug-likeness (QED) is 0.182. The highest BCUT2D eigenvalue weighted by Gasteiger charge is 2.74.